The largest absolute Gasteiger partial charge is 0.493 e. The Balaban J connectivity index is 1.93. The molecule has 120 valence electrons. The summed E-state index contributed by atoms with van der Waals surface area (Å²) in [7, 11) is 0. The van der Waals surface area contributed by atoms with Crippen molar-refractivity contribution in [2.45, 2.75) is 31.6 Å². The number of hydrogen-bond acceptors (Lipinski definition) is 4. The standard InChI is InChI=1S/C18H21N3OS/c1-3-5-11-23-13-8-9-14(16(12-13)22-4-2)17-20-15-7-6-10-19-18(15)21-17/h6-10,12H,3-5,11H2,1-2H3,(H,19,20,21). The number of ether oxygens (including phenoxy) is 1. The number of rotatable bonds is 7. The lowest BCUT2D eigenvalue weighted by Crippen LogP contribution is -1.95. The predicted octanol–water partition coefficient (Wildman–Crippen LogP) is 4.92. The highest BCUT2D eigenvalue weighted by Crippen LogP contribution is 2.33. The van der Waals surface area contributed by atoms with Crippen LogP contribution in [0.15, 0.2) is 41.4 Å². The molecule has 0 radical (unpaired) electrons. The summed E-state index contributed by atoms with van der Waals surface area (Å²) in [6.45, 7) is 4.85. The van der Waals surface area contributed by atoms with Crippen LogP contribution < -0.4 is 4.74 Å². The number of H-pyrrole nitrogens is 1. The van der Waals surface area contributed by atoms with Gasteiger partial charge in [0.1, 0.15) is 11.6 Å². The van der Waals surface area contributed by atoms with Gasteiger partial charge in [-0.1, -0.05) is 13.3 Å². The van der Waals surface area contributed by atoms with Crippen LogP contribution in [0, 0.1) is 0 Å². The SMILES string of the molecule is CCCCSc1ccc(-c2nc3ncccc3[nH]2)c(OCC)c1. The summed E-state index contributed by atoms with van der Waals surface area (Å²) >= 11 is 1.87. The Morgan fingerprint density at radius 2 is 2.13 bits per heavy atom. The molecule has 0 bridgehead atoms. The number of thioether (sulfide) groups is 1. The van der Waals surface area contributed by atoms with Gasteiger partial charge in [-0.15, -0.1) is 11.8 Å². The van der Waals surface area contributed by atoms with E-state index in [1.54, 1.807) is 6.20 Å². The number of aromatic nitrogens is 3. The van der Waals surface area contributed by atoms with Crippen LogP contribution in [0.3, 0.4) is 0 Å². The fourth-order valence-electron chi connectivity index (χ4n) is 2.37. The minimum Gasteiger partial charge on any atom is -0.493 e. The molecule has 0 atom stereocenters. The van der Waals surface area contributed by atoms with Gasteiger partial charge < -0.3 is 9.72 Å². The molecule has 0 fully saturated rings. The van der Waals surface area contributed by atoms with Crippen molar-refractivity contribution in [3.8, 4) is 17.1 Å². The van der Waals surface area contributed by atoms with E-state index < -0.39 is 0 Å². The van der Waals surface area contributed by atoms with E-state index in [1.807, 2.05) is 30.8 Å². The van der Waals surface area contributed by atoms with Crippen LogP contribution in [0.25, 0.3) is 22.6 Å². The second-order valence-corrected chi connectivity index (χ2v) is 6.42. The second kappa shape index (κ2) is 7.51. The molecule has 0 spiro atoms. The number of fused-ring (bicyclic) bond motifs is 1. The Morgan fingerprint density at radius 1 is 1.22 bits per heavy atom. The van der Waals surface area contributed by atoms with Crippen molar-refractivity contribution in [1.29, 1.82) is 0 Å². The van der Waals surface area contributed by atoms with Gasteiger partial charge in [-0.2, -0.15) is 0 Å². The summed E-state index contributed by atoms with van der Waals surface area (Å²) in [5.74, 6) is 2.80. The number of aromatic amines is 1. The number of benzene rings is 1. The van der Waals surface area contributed by atoms with Crippen LogP contribution in [0.2, 0.25) is 0 Å². The van der Waals surface area contributed by atoms with Gasteiger partial charge in [0, 0.05) is 11.1 Å². The molecule has 0 aliphatic heterocycles. The first-order valence-corrected chi connectivity index (χ1v) is 9.01. The van der Waals surface area contributed by atoms with E-state index in [-0.39, 0.29) is 0 Å². The number of unbranched alkanes of at least 4 members (excludes halogenated alkanes) is 1. The number of nitrogens with zero attached hydrogens (tertiary/aromatic N) is 2. The van der Waals surface area contributed by atoms with Crippen molar-refractivity contribution >= 4 is 22.9 Å². The van der Waals surface area contributed by atoms with E-state index in [9.17, 15) is 0 Å². The number of pyridine rings is 1. The van der Waals surface area contributed by atoms with Gasteiger partial charge in [0.15, 0.2) is 5.65 Å². The summed E-state index contributed by atoms with van der Waals surface area (Å²) < 4.78 is 5.84. The molecule has 5 heteroatoms. The normalized spacial score (nSPS) is 11.0. The lowest BCUT2D eigenvalue weighted by atomic mass is 10.2. The van der Waals surface area contributed by atoms with Gasteiger partial charge in [0.05, 0.1) is 17.7 Å². The third-order valence-electron chi connectivity index (χ3n) is 3.53. The smallest absolute Gasteiger partial charge is 0.178 e. The zero-order valence-corrected chi connectivity index (χ0v) is 14.3. The van der Waals surface area contributed by atoms with Gasteiger partial charge in [0.25, 0.3) is 0 Å². The summed E-state index contributed by atoms with van der Waals surface area (Å²) in [6.07, 6.45) is 4.20. The predicted molar refractivity (Wildman–Crippen MR) is 96.1 cm³/mol. The molecule has 0 saturated heterocycles. The van der Waals surface area contributed by atoms with Crippen LogP contribution in [0.1, 0.15) is 26.7 Å². The lowest BCUT2D eigenvalue weighted by Gasteiger charge is -2.10. The maximum atomic E-state index is 5.84. The highest BCUT2D eigenvalue weighted by molar-refractivity contribution is 7.99. The van der Waals surface area contributed by atoms with Crippen LogP contribution in [0.4, 0.5) is 0 Å². The van der Waals surface area contributed by atoms with Crippen LogP contribution in [-0.2, 0) is 0 Å². The molecule has 0 aliphatic carbocycles. The average Bonchev–Trinajstić information content (AvgIpc) is 2.99. The average molecular weight is 327 g/mol. The minimum absolute atomic E-state index is 0.633. The summed E-state index contributed by atoms with van der Waals surface area (Å²) in [6, 6.07) is 10.2. The van der Waals surface area contributed by atoms with Crippen LogP contribution >= 0.6 is 11.8 Å². The highest BCUT2D eigenvalue weighted by atomic mass is 32.2. The zero-order valence-electron chi connectivity index (χ0n) is 13.5. The molecule has 2 aromatic heterocycles. The fraction of sp³-hybridized carbons (Fsp3) is 0.333. The van der Waals surface area contributed by atoms with Crippen molar-refractivity contribution in [3.05, 3.63) is 36.5 Å². The van der Waals surface area contributed by atoms with Crippen molar-refractivity contribution in [2.24, 2.45) is 0 Å². The Hall–Kier alpha value is -2.01. The quantitative estimate of drug-likeness (QED) is 0.494. The van der Waals surface area contributed by atoms with Gasteiger partial charge in [-0.05, 0) is 49.4 Å². The minimum atomic E-state index is 0.633. The molecule has 1 aromatic carbocycles. The van der Waals surface area contributed by atoms with Gasteiger partial charge in [0.2, 0.25) is 0 Å². The molecule has 23 heavy (non-hydrogen) atoms. The molecule has 0 unspecified atom stereocenters. The molecule has 3 rings (SSSR count). The van der Waals surface area contributed by atoms with Crippen molar-refractivity contribution in [1.82, 2.24) is 15.0 Å². The van der Waals surface area contributed by atoms with Crippen molar-refractivity contribution < 1.29 is 4.74 Å². The molecule has 0 saturated carbocycles. The van der Waals surface area contributed by atoms with Crippen molar-refractivity contribution in [3.63, 3.8) is 0 Å². The summed E-state index contributed by atoms with van der Waals surface area (Å²) in [5, 5.41) is 0. The van der Waals surface area contributed by atoms with E-state index in [1.165, 1.54) is 17.7 Å². The first-order chi connectivity index (χ1) is 11.3. The Bertz CT molecular complexity index is 752. The molecule has 4 nitrogen and oxygen atoms in total. The Morgan fingerprint density at radius 3 is 2.91 bits per heavy atom. The highest BCUT2D eigenvalue weighted by Gasteiger charge is 2.12. The number of imidazole rings is 1. The molecule has 1 N–H and O–H groups in total. The topological polar surface area (TPSA) is 50.8 Å². The Kier molecular flexibility index (Phi) is 5.18. The van der Waals surface area contributed by atoms with Crippen LogP contribution in [-0.4, -0.2) is 27.3 Å². The molecular formula is C18H21N3OS. The van der Waals surface area contributed by atoms with Gasteiger partial charge >= 0.3 is 0 Å². The van der Waals surface area contributed by atoms with E-state index >= 15 is 0 Å². The zero-order chi connectivity index (χ0) is 16.1. The summed E-state index contributed by atoms with van der Waals surface area (Å²) in [4.78, 5) is 13.4. The summed E-state index contributed by atoms with van der Waals surface area (Å²) in [5.41, 5.74) is 2.64. The van der Waals surface area contributed by atoms with E-state index in [0.717, 1.165) is 34.1 Å². The van der Waals surface area contributed by atoms with E-state index in [0.29, 0.717) is 6.61 Å². The fourth-order valence-corrected chi connectivity index (χ4v) is 3.39. The van der Waals surface area contributed by atoms with Crippen molar-refractivity contribution in [2.75, 3.05) is 12.4 Å². The third kappa shape index (κ3) is 3.67. The number of nitrogens with one attached hydrogen (secondary N) is 1. The molecule has 3 aromatic rings. The maximum absolute atomic E-state index is 5.84. The van der Waals surface area contributed by atoms with Gasteiger partial charge in [-0.25, -0.2) is 9.97 Å². The second-order valence-electron chi connectivity index (χ2n) is 5.25. The molecule has 0 aliphatic rings. The molecular weight excluding hydrogens is 306 g/mol. The molecule has 0 amide bonds. The third-order valence-corrected chi connectivity index (χ3v) is 4.61. The van der Waals surface area contributed by atoms with E-state index in [2.05, 4.69) is 40.1 Å². The first-order valence-electron chi connectivity index (χ1n) is 8.02. The van der Waals surface area contributed by atoms with Crippen LogP contribution in [0.5, 0.6) is 5.75 Å². The van der Waals surface area contributed by atoms with E-state index in [4.69, 9.17) is 4.74 Å². The van der Waals surface area contributed by atoms with Gasteiger partial charge in [-0.3, -0.25) is 0 Å². The monoisotopic (exact) mass is 327 g/mol. The maximum Gasteiger partial charge on any atom is 0.178 e. The lowest BCUT2D eigenvalue weighted by molar-refractivity contribution is 0.340. The molecule has 2 heterocycles. The Labute approximate surface area is 140 Å². The number of hydrogen-bond donors (Lipinski definition) is 1. The first kappa shape index (κ1) is 15.9.